The zero-order valence-corrected chi connectivity index (χ0v) is 17.9. The number of hydrogen-bond donors (Lipinski definition) is 0. The van der Waals surface area contributed by atoms with E-state index in [9.17, 15) is 0 Å². The highest BCUT2D eigenvalue weighted by Gasteiger charge is 2.12. The second-order valence-corrected chi connectivity index (χ2v) is 6.02. The van der Waals surface area contributed by atoms with E-state index in [0.717, 1.165) is 6.42 Å². The predicted molar refractivity (Wildman–Crippen MR) is 117 cm³/mol. The van der Waals surface area contributed by atoms with Gasteiger partial charge in [0.1, 0.15) is 0 Å². The summed E-state index contributed by atoms with van der Waals surface area (Å²) in [6.07, 6.45) is 1.08. The fourth-order valence-corrected chi connectivity index (χ4v) is 2.88. The molecule has 0 aliphatic rings. The minimum absolute atomic E-state index is 1.08. The molecule has 1 nitrogen and oxygen atoms in total. The van der Waals surface area contributed by atoms with E-state index >= 15 is 0 Å². The lowest BCUT2D eigenvalue weighted by Gasteiger charge is -2.13. The molecule has 0 atom stereocenters. The first-order valence-corrected chi connectivity index (χ1v) is 9.95. The van der Waals surface area contributed by atoms with Crippen LogP contribution in [0.1, 0.15) is 57.0 Å². The van der Waals surface area contributed by atoms with Crippen LogP contribution in [0.3, 0.4) is 0 Å². The van der Waals surface area contributed by atoms with Crippen LogP contribution in [0.2, 0.25) is 0 Å². The van der Waals surface area contributed by atoms with E-state index in [1.54, 1.807) is 0 Å². The molecule has 0 spiro atoms. The normalized spacial score (nSPS) is 9.69. The zero-order chi connectivity index (χ0) is 19.7. The van der Waals surface area contributed by atoms with Crippen LogP contribution in [0.15, 0.2) is 54.6 Å². The minimum Gasteiger partial charge on any atom is -0.314 e. The molecule has 3 aromatic rings. The third kappa shape index (κ3) is 4.88. The van der Waals surface area contributed by atoms with Gasteiger partial charge in [0, 0.05) is 11.4 Å². The topological polar surface area (TPSA) is 4.93 Å². The van der Waals surface area contributed by atoms with E-state index in [4.69, 9.17) is 0 Å². The van der Waals surface area contributed by atoms with Gasteiger partial charge in [-0.1, -0.05) is 76.6 Å². The van der Waals surface area contributed by atoms with Crippen LogP contribution in [0.25, 0.3) is 16.9 Å². The summed E-state index contributed by atoms with van der Waals surface area (Å²) in [4.78, 5) is 0. The number of aromatic nitrogens is 1. The predicted octanol–water partition coefficient (Wildman–Crippen LogP) is 7.68. The molecule has 0 N–H and O–H groups in total. The van der Waals surface area contributed by atoms with Gasteiger partial charge in [0.05, 0.1) is 5.69 Å². The SMILES string of the molecule is CC.CC.CCc1ccc(-c2cc(C)c(C)n2-c2ccc(C)cc2)cc1. The van der Waals surface area contributed by atoms with Crippen LogP contribution >= 0.6 is 0 Å². The van der Waals surface area contributed by atoms with Gasteiger partial charge in [-0.2, -0.15) is 0 Å². The lowest BCUT2D eigenvalue weighted by atomic mass is 10.1. The van der Waals surface area contributed by atoms with Crippen molar-refractivity contribution in [3.63, 3.8) is 0 Å². The maximum Gasteiger partial charge on any atom is 0.0534 e. The second-order valence-electron chi connectivity index (χ2n) is 6.02. The van der Waals surface area contributed by atoms with Crippen molar-refractivity contribution in [3.8, 4) is 16.9 Å². The summed E-state index contributed by atoms with van der Waals surface area (Å²) in [7, 11) is 0. The van der Waals surface area contributed by atoms with Gasteiger partial charge in [-0.3, -0.25) is 0 Å². The van der Waals surface area contributed by atoms with E-state index in [1.807, 2.05) is 27.7 Å². The third-order valence-electron chi connectivity index (χ3n) is 4.45. The Bertz CT molecular complexity index is 774. The monoisotopic (exact) mass is 349 g/mol. The summed E-state index contributed by atoms with van der Waals surface area (Å²) in [5, 5.41) is 0. The van der Waals surface area contributed by atoms with Crippen LogP contribution in [0, 0.1) is 20.8 Å². The summed E-state index contributed by atoms with van der Waals surface area (Å²) >= 11 is 0. The molecule has 140 valence electrons. The van der Waals surface area contributed by atoms with Gasteiger partial charge in [0.25, 0.3) is 0 Å². The number of benzene rings is 2. The van der Waals surface area contributed by atoms with E-state index in [-0.39, 0.29) is 0 Å². The third-order valence-corrected chi connectivity index (χ3v) is 4.45. The number of hydrogen-bond acceptors (Lipinski definition) is 0. The highest BCUT2D eigenvalue weighted by Crippen LogP contribution is 2.29. The molecule has 2 aromatic carbocycles. The van der Waals surface area contributed by atoms with Crippen LogP contribution in [-0.4, -0.2) is 4.57 Å². The Morgan fingerprint density at radius 2 is 1.27 bits per heavy atom. The van der Waals surface area contributed by atoms with Crippen LogP contribution < -0.4 is 0 Å². The molecule has 0 aliphatic carbocycles. The average Bonchev–Trinajstić information content (AvgIpc) is 3.00. The summed E-state index contributed by atoms with van der Waals surface area (Å²) < 4.78 is 2.36. The molecular formula is C25H35N. The highest BCUT2D eigenvalue weighted by molar-refractivity contribution is 5.66. The molecule has 1 heteroatoms. The summed E-state index contributed by atoms with van der Waals surface area (Å²) in [6.45, 7) is 16.7. The minimum atomic E-state index is 1.08. The molecule has 1 aromatic heterocycles. The maximum atomic E-state index is 2.36. The Morgan fingerprint density at radius 3 is 1.77 bits per heavy atom. The first-order valence-electron chi connectivity index (χ1n) is 9.95. The van der Waals surface area contributed by atoms with E-state index in [2.05, 4.69) is 86.9 Å². The molecule has 0 unspecified atom stereocenters. The van der Waals surface area contributed by atoms with Crippen molar-refractivity contribution < 1.29 is 0 Å². The summed E-state index contributed by atoms with van der Waals surface area (Å²) in [5.74, 6) is 0. The molecule has 0 saturated heterocycles. The molecule has 0 radical (unpaired) electrons. The first-order chi connectivity index (χ1) is 12.6. The molecule has 0 amide bonds. The molecule has 0 aliphatic heterocycles. The Hall–Kier alpha value is -2.28. The van der Waals surface area contributed by atoms with Crippen molar-refractivity contribution in [2.75, 3.05) is 0 Å². The van der Waals surface area contributed by atoms with Gasteiger partial charge >= 0.3 is 0 Å². The fourth-order valence-electron chi connectivity index (χ4n) is 2.88. The molecule has 3 rings (SSSR count). The standard InChI is InChI=1S/C21H23N.2C2H6/c1-5-18-8-10-19(11-9-18)21-14-16(3)17(4)22(21)20-12-6-15(2)7-13-20;2*1-2/h6-14H,5H2,1-4H3;2*1-2H3. The van der Waals surface area contributed by atoms with Crippen molar-refractivity contribution in [2.45, 2.75) is 61.8 Å². The first kappa shape index (κ1) is 21.8. The summed E-state index contributed by atoms with van der Waals surface area (Å²) in [5.41, 5.74) is 9.07. The second kappa shape index (κ2) is 10.7. The van der Waals surface area contributed by atoms with Crippen molar-refractivity contribution in [3.05, 3.63) is 77.0 Å². The van der Waals surface area contributed by atoms with Crippen molar-refractivity contribution in [1.29, 1.82) is 0 Å². The fraction of sp³-hybridized carbons (Fsp3) is 0.360. The molecule has 26 heavy (non-hydrogen) atoms. The van der Waals surface area contributed by atoms with E-state index < -0.39 is 0 Å². The molecular weight excluding hydrogens is 314 g/mol. The van der Waals surface area contributed by atoms with Gasteiger partial charge in [-0.25, -0.2) is 0 Å². The van der Waals surface area contributed by atoms with Crippen molar-refractivity contribution >= 4 is 0 Å². The van der Waals surface area contributed by atoms with Gasteiger partial charge in [0.15, 0.2) is 0 Å². The summed E-state index contributed by atoms with van der Waals surface area (Å²) in [6, 6.07) is 20.0. The van der Waals surface area contributed by atoms with Crippen LogP contribution in [0.5, 0.6) is 0 Å². The van der Waals surface area contributed by atoms with Gasteiger partial charge < -0.3 is 4.57 Å². The smallest absolute Gasteiger partial charge is 0.0534 e. The number of rotatable bonds is 3. The Balaban J connectivity index is 0.000000791. The largest absolute Gasteiger partial charge is 0.314 e. The number of aryl methyl sites for hydroxylation is 3. The Morgan fingerprint density at radius 1 is 0.731 bits per heavy atom. The van der Waals surface area contributed by atoms with Crippen LogP contribution in [-0.2, 0) is 6.42 Å². The zero-order valence-electron chi connectivity index (χ0n) is 17.9. The molecule has 0 fully saturated rings. The van der Waals surface area contributed by atoms with Gasteiger partial charge in [0.2, 0.25) is 0 Å². The van der Waals surface area contributed by atoms with Gasteiger partial charge in [-0.05, 0) is 62.1 Å². The highest BCUT2D eigenvalue weighted by atomic mass is 15.0. The van der Waals surface area contributed by atoms with Crippen molar-refractivity contribution in [1.82, 2.24) is 4.57 Å². The average molecular weight is 350 g/mol. The lowest BCUT2D eigenvalue weighted by molar-refractivity contribution is 1.01. The van der Waals surface area contributed by atoms with Crippen molar-refractivity contribution in [2.24, 2.45) is 0 Å². The van der Waals surface area contributed by atoms with Gasteiger partial charge in [-0.15, -0.1) is 0 Å². The number of nitrogens with zero attached hydrogens (tertiary/aromatic N) is 1. The quantitative estimate of drug-likeness (QED) is 0.457. The molecule has 0 bridgehead atoms. The lowest BCUT2D eigenvalue weighted by Crippen LogP contribution is -1.99. The maximum absolute atomic E-state index is 2.36. The van der Waals surface area contributed by atoms with E-state index in [1.165, 1.54) is 39.3 Å². The van der Waals surface area contributed by atoms with Crippen LogP contribution in [0.4, 0.5) is 0 Å². The van der Waals surface area contributed by atoms with E-state index in [0.29, 0.717) is 0 Å². The Kier molecular flexibility index (Phi) is 8.92. The molecule has 0 saturated carbocycles. The molecule has 1 heterocycles. The Labute approximate surface area is 160 Å².